The quantitative estimate of drug-likeness (QED) is 0.343. The summed E-state index contributed by atoms with van der Waals surface area (Å²) in [5.74, 6) is 0. The van der Waals surface area contributed by atoms with Crippen molar-refractivity contribution in [2.45, 2.75) is 65.1 Å². The zero-order chi connectivity index (χ0) is 23.9. The predicted molar refractivity (Wildman–Crippen MR) is 123 cm³/mol. The number of furan rings is 1. The molecule has 0 saturated carbocycles. The Bertz CT molecular complexity index is 1430. The van der Waals surface area contributed by atoms with Crippen LogP contribution in [0.3, 0.4) is 0 Å². The van der Waals surface area contributed by atoms with Crippen molar-refractivity contribution in [3.05, 3.63) is 58.8 Å². The first-order valence-corrected chi connectivity index (χ1v) is 10.7. The zero-order valence-electron chi connectivity index (χ0n) is 21.7. The monoisotopic (exact) mass is 402 g/mol. The molecule has 1 aliphatic rings. The number of fused-ring (bicyclic) bond motifs is 5. The van der Waals surface area contributed by atoms with Gasteiger partial charge in [0.05, 0.1) is 11.8 Å². The predicted octanol–water partition coefficient (Wildman–Crippen LogP) is 6.44. The van der Waals surface area contributed by atoms with Crippen LogP contribution in [0.4, 0.5) is 0 Å². The van der Waals surface area contributed by atoms with Gasteiger partial charge < -0.3 is 4.42 Å². The Kier molecular flexibility index (Phi) is 3.30. The molecule has 30 heavy (non-hydrogen) atoms. The van der Waals surface area contributed by atoms with E-state index in [4.69, 9.17) is 8.53 Å². The van der Waals surface area contributed by atoms with Gasteiger partial charge in [-0.2, -0.15) is 0 Å². The van der Waals surface area contributed by atoms with Gasteiger partial charge in [-0.05, 0) is 65.3 Å². The minimum Gasteiger partial charge on any atom is -0.455 e. The van der Waals surface area contributed by atoms with Crippen molar-refractivity contribution >= 4 is 21.9 Å². The van der Waals surface area contributed by atoms with Crippen LogP contribution in [-0.2, 0) is 17.9 Å². The molecule has 0 atom stereocenters. The maximum Gasteiger partial charge on any atom is 0.242 e. The van der Waals surface area contributed by atoms with Gasteiger partial charge in [0.15, 0.2) is 7.05 Å². The van der Waals surface area contributed by atoms with Gasteiger partial charge in [0.2, 0.25) is 5.69 Å². The minimum absolute atomic E-state index is 0.0411. The lowest BCUT2D eigenvalue weighted by Crippen LogP contribution is -2.35. The summed E-state index contributed by atoms with van der Waals surface area (Å²) in [6.45, 7) is 8.81. The van der Waals surface area contributed by atoms with Gasteiger partial charge in [0, 0.05) is 26.5 Å². The first-order valence-electron chi connectivity index (χ1n) is 12.2. The fourth-order valence-electron chi connectivity index (χ4n) is 5.27. The fraction of sp³-hybridized carbons (Fsp3) is 0.407. The molecule has 5 rings (SSSR count). The van der Waals surface area contributed by atoms with Crippen molar-refractivity contribution in [1.82, 2.24) is 5.10 Å². The molecule has 0 bridgehead atoms. The summed E-state index contributed by atoms with van der Waals surface area (Å²) in [7, 11) is 1.90. The SMILES string of the molecule is [2H]C([2H])([2H])c1cc(C)c(-c2cccn[n+]2C)c2oc3c4c(ccc3c12)C(C)(C)CCC4(C)C. The molecule has 1 aliphatic carbocycles. The lowest BCUT2D eigenvalue weighted by atomic mass is 9.63. The van der Waals surface area contributed by atoms with Gasteiger partial charge in [-0.3, -0.25) is 0 Å². The Hall–Kier alpha value is -2.68. The first-order chi connectivity index (χ1) is 15.3. The van der Waals surface area contributed by atoms with Crippen LogP contribution in [0, 0.1) is 13.8 Å². The van der Waals surface area contributed by atoms with Gasteiger partial charge in [-0.25, -0.2) is 0 Å². The highest BCUT2D eigenvalue weighted by Gasteiger charge is 2.40. The third-order valence-corrected chi connectivity index (χ3v) is 7.08. The average Bonchev–Trinajstić information content (AvgIpc) is 3.09. The second-order valence-electron chi connectivity index (χ2n) is 10.1. The molecule has 0 amide bonds. The summed E-state index contributed by atoms with van der Waals surface area (Å²) in [5.41, 5.74) is 6.94. The largest absolute Gasteiger partial charge is 0.455 e. The molecule has 0 unspecified atom stereocenters. The molecule has 2 aromatic carbocycles. The van der Waals surface area contributed by atoms with E-state index in [-0.39, 0.29) is 10.8 Å². The minimum atomic E-state index is -2.25. The van der Waals surface area contributed by atoms with E-state index in [0.29, 0.717) is 16.5 Å². The lowest BCUT2D eigenvalue weighted by molar-refractivity contribution is -0.720. The summed E-state index contributed by atoms with van der Waals surface area (Å²) in [6, 6.07) is 9.97. The van der Waals surface area contributed by atoms with E-state index in [9.17, 15) is 0 Å². The topological polar surface area (TPSA) is 29.9 Å². The second kappa shape index (κ2) is 6.16. The third kappa shape index (κ3) is 2.57. The van der Waals surface area contributed by atoms with Gasteiger partial charge in [-0.15, -0.1) is 0 Å². The number of hydrogen-bond acceptors (Lipinski definition) is 2. The Labute approximate surface area is 182 Å². The van der Waals surface area contributed by atoms with Crippen LogP contribution in [0.2, 0.25) is 0 Å². The molecule has 2 aromatic heterocycles. The summed E-state index contributed by atoms with van der Waals surface area (Å²) < 4.78 is 33.4. The number of hydrogen-bond donors (Lipinski definition) is 0. The molecular formula is C27H31N2O+. The normalized spacial score (nSPS) is 19.3. The Morgan fingerprint density at radius 1 is 1.03 bits per heavy atom. The number of nitrogens with zero attached hydrogens (tertiary/aromatic N) is 2. The lowest BCUT2D eigenvalue weighted by Gasteiger charge is -2.41. The number of aromatic nitrogens is 2. The molecule has 0 fully saturated rings. The van der Waals surface area contributed by atoms with Crippen LogP contribution in [-0.4, -0.2) is 5.10 Å². The smallest absolute Gasteiger partial charge is 0.242 e. The molecule has 3 heteroatoms. The van der Waals surface area contributed by atoms with E-state index in [1.807, 2.05) is 30.8 Å². The number of rotatable bonds is 1. The highest BCUT2D eigenvalue weighted by molar-refractivity contribution is 6.12. The van der Waals surface area contributed by atoms with E-state index in [2.05, 4.69) is 44.9 Å². The molecule has 0 saturated heterocycles. The van der Waals surface area contributed by atoms with Crippen LogP contribution < -0.4 is 4.68 Å². The average molecular weight is 403 g/mol. The van der Waals surface area contributed by atoms with Crippen molar-refractivity contribution in [3.63, 3.8) is 0 Å². The molecule has 0 aliphatic heterocycles. The van der Waals surface area contributed by atoms with Crippen molar-refractivity contribution in [2.24, 2.45) is 7.05 Å². The van der Waals surface area contributed by atoms with Gasteiger partial charge >= 0.3 is 0 Å². The molecule has 0 spiro atoms. The number of aryl methyl sites for hydroxylation is 3. The Morgan fingerprint density at radius 2 is 1.80 bits per heavy atom. The van der Waals surface area contributed by atoms with Gasteiger partial charge in [-0.1, -0.05) is 50.6 Å². The van der Waals surface area contributed by atoms with E-state index >= 15 is 0 Å². The van der Waals surface area contributed by atoms with Crippen LogP contribution in [0.1, 0.15) is 66.9 Å². The van der Waals surface area contributed by atoms with Crippen LogP contribution in [0.25, 0.3) is 33.2 Å². The maximum atomic E-state index is 8.29. The standard InChI is InChI=1S/C27H31N2O/c1-16-15-17(2)22(20-9-8-14-28-29(20)7)25-21(16)18-10-11-19-23(24(18)30-25)27(5,6)13-12-26(19,3)4/h8-11,14-15H,12-13H2,1-7H3/q+1/i1D3. The second-order valence-corrected chi connectivity index (χ2v) is 10.1. The van der Waals surface area contributed by atoms with Gasteiger partial charge in [0.25, 0.3) is 0 Å². The molecular weight excluding hydrogens is 368 g/mol. The van der Waals surface area contributed by atoms with E-state index in [1.165, 1.54) is 11.1 Å². The Morgan fingerprint density at radius 3 is 2.53 bits per heavy atom. The van der Waals surface area contributed by atoms with Crippen LogP contribution in [0.15, 0.2) is 40.9 Å². The highest BCUT2D eigenvalue weighted by atomic mass is 16.3. The molecule has 4 aromatic rings. The molecule has 0 radical (unpaired) electrons. The summed E-state index contributed by atoms with van der Waals surface area (Å²) in [4.78, 5) is 0. The van der Waals surface area contributed by atoms with E-state index < -0.39 is 6.85 Å². The third-order valence-electron chi connectivity index (χ3n) is 7.08. The zero-order valence-corrected chi connectivity index (χ0v) is 18.7. The molecule has 154 valence electrons. The van der Waals surface area contributed by atoms with E-state index in [0.717, 1.165) is 40.6 Å². The van der Waals surface area contributed by atoms with E-state index in [1.54, 1.807) is 12.3 Å². The van der Waals surface area contributed by atoms with Crippen LogP contribution >= 0.6 is 0 Å². The van der Waals surface area contributed by atoms with Crippen molar-refractivity contribution in [3.8, 4) is 11.3 Å². The summed E-state index contributed by atoms with van der Waals surface area (Å²) in [6.07, 6.45) is 3.90. The maximum absolute atomic E-state index is 8.29. The van der Waals surface area contributed by atoms with Crippen molar-refractivity contribution in [2.75, 3.05) is 0 Å². The summed E-state index contributed by atoms with van der Waals surface area (Å²) >= 11 is 0. The Balaban J connectivity index is 2.01. The number of benzene rings is 2. The van der Waals surface area contributed by atoms with Gasteiger partial charge in [0.1, 0.15) is 11.2 Å². The van der Waals surface area contributed by atoms with Crippen molar-refractivity contribution in [1.29, 1.82) is 0 Å². The fourth-order valence-corrected chi connectivity index (χ4v) is 5.27. The van der Waals surface area contributed by atoms with Crippen LogP contribution in [0.5, 0.6) is 0 Å². The first kappa shape index (κ1) is 16.1. The molecule has 2 heterocycles. The van der Waals surface area contributed by atoms with Crippen molar-refractivity contribution < 1.29 is 13.2 Å². The highest BCUT2D eigenvalue weighted by Crippen LogP contribution is 2.51. The molecule has 3 nitrogen and oxygen atoms in total. The molecule has 0 N–H and O–H groups in total. The summed E-state index contributed by atoms with van der Waals surface area (Å²) in [5, 5.41) is 5.98.